The van der Waals surface area contributed by atoms with Gasteiger partial charge in [-0.05, 0) is 38.8 Å². The van der Waals surface area contributed by atoms with E-state index in [0.717, 1.165) is 25.7 Å². The number of carbonyl (C=O) groups excluding carboxylic acids is 1. The number of Topliss-reactive ketones (excluding diaryl/α,β-unsaturated/α-hetero) is 1. The summed E-state index contributed by atoms with van der Waals surface area (Å²) in [7, 11) is 0. The first-order chi connectivity index (χ1) is 7.77. The Morgan fingerprint density at radius 1 is 1.06 bits per heavy atom. The van der Waals surface area contributed by atoms with E-state index in [1.165, 1.54) is 38.8 Å². The first-order valence-corrected chi connectivity index (χ1v) is 7.03. The smallest absolute Gasteiger partial charge is 0.133 e. The Morgan fingerprint density at radius 2 is 1.56 bits per heavy atom. The molecule has 0 unspecified atom stereocenters. The molecule has 0 bridgehead atoms. The lowest BCUT2D eigenvalue weighted by atomic mass is 9.93. The SMILES string of the molecule is CCCCN(CCCC)C1CCC(=O)CC1. The Hall–Kier alpha value is -0.370. The first-order valence-electron chi connectivity index (χ1n) is 7.03. The zero-order valence-corrected chi connectivity index (χ0v) is 11.0. The summed E-state index contributed by atoms with van der Waals surface area (Å²) in [6.45, 7) is 6.97. The van der Waals surface area contributed by atoms with Crippen molar-refractivity contribution in [3.05, 3.63) is 0 Å². The van der Waals surface area contributed by atoms with Gasteiger partial charge in [0.05, 0.1) is 0 Å². The van der Waals surface area contributed by atoms with E-state index in [2.05, 4.69) is 18.7 Å². The summed E-state index contributed by atoms with van der Waals surface area (Å²) in [4.78, 5) is 13.9. The van der Waals surface area contributed by atoms with Crippen molar-refractivity contribution in [1.82, 2.24) is 4.90 Å². The molecule has 0 saturated heterocycles. The van der Waals surface area contributed by atoms with Crippen LogP contribution in [0.1, 0.15) is 65.2 Å². The van der Waals surface area contributed by atoms with Crippen LogP contribution in [-0.2, 0) is 4.79 Å². The molecule has 0 atom stereocenters. The minimum Gasteiger partial charge on any atom is -0.300 e. The molecule has 0 heterocycles. The number of carbonyl (C=O) groups is 1. The fraction of sp³-hybridized carbons (Fsp3) is 0.929. The van der Waals surface area contributed by atoms with Crippen molar-refractivity contribution in [3.63, 3.8) is 0 Å². The summed E-state index contributed by atoms with van der Waals surface area (Å²) in [5.41, 5.74) is 0. The third kappa shape index (κ3) is 4.65. The van der Waals surface area contributed by atoms with Crippen molar-refractivity contribution in [2.45, 2.75) is 71.3 Å². The van der Waals surface area contributed by atoms with Gasteiger partial charge in [0, 0.05) is 18.9 Å². The topological polar surface area (TPSA) is 20.3 Å². The molecule has 1 rings (SSSR count). The van der Waals surface area contributed by atoms with E-state index in [9.17, 15) is 4.79 Å². The molecule has 0 radical (unpaired) electrons. The lowest BCUT2D eigenvalue weighted by Crippen LogP contribution is -2.39. The van der Waals surface area contributed by atoms with Crippen molar-refractivity contribution in [2.24, 2.45) is 0 Å². The van der Waals surface area contributed by atoms with Gasteiger partial charge in [0.25, 0.3) is 0 Å². The number of hydrogen-bond acceptors (Lipinski definition) is 2. The highest BCUT2D eigenvalue weighted by atomic mass is 16.1. The Bertz CT molecular complexity index is 185. The molecule has 0 aromatic rings. The Labute approximate surface area is 100 Å². The summed E-state index contributed by atoms with van der Waals surface area (Å²) < 4.78 is 0. The van der Waals surface area contributed by atoms with Gasteiger partial charge in [0.2, 0.25) is 0 Å². The molecular weight excluding hydrogens is 198 g/mol. The van der Waals surface area contributed by atoms with Gasteiger partial charge < -0.3 is 4.90 Å². The molecule has 2 heteroatoms. The summed E-state index contributed by atoms with van der Waals surface area (Å²) in [5.74, 6) is 0.474. The number of unbranched alkanes of at least 4 members (excludes halogenated alkanes) is 2. The molecule has 0 aromatic heterocycles. The van der Waals surface area contributed by atoms with Gasteiger partial charge >= 0.3 is 0 Å². The van der Waals surface area contributed by atoms with E-state index in [4.69, 9.17) is 0 Å². The molecule has 1 aliphatic carbocycles. The van der Waals surface area contributed by atoms with E-state index in [-0.39, 0.29) is 0 Å². The van der Waals surface area contributed by atoms with Gasteiger partial charge in [-0.25, -0.2) is 0 Å². The minimum atomic E-state index is 0.474. The van der Waals surface area contributed by atoms with E-state index in [1.807, 2.05) is 0 Å². The van der Waals surface area contributed by atoms with Crippen LogP contribution >= 0.6 is 0 Å². The standard InChI is InChI=1S/C14H27NO/c1-3-5-11-15(12-6-4-2)13-7-9-14(16)10-8-13/h13H,3-12H2,1-2H3. The highest BCUT2D eigenvalue weighted by Gasteiger charge is 2.23. The fourth-order valence-electron chi connectivity index (χ4n) is 2.49. The van der Waals surface area contributed by atoms with E-state index in [0.29, 0.717) is 11.8 Å². The highest BCUT2D eigenvalue weighted by molar-refractivity contribution is 5.79. The Kier molecular flexibility index (Phi) is 6.70. The van der Waals surface area contributed by atoms with Gasteiger partial charge in [-0.1, -0.05) is 26.7 Å². The maximum Gasteiger partial charge on any atom is 0.133 e. The van der Waals surface area contributed by atoms with Gasteiger partial charge in [-0.3, -0.25) is 4.79 Å². The average molecular weight is 225 g/mol. The third-order valence-corrected chi connectivity index (χ3v) is 3.63. The normalized spacial score (nSPS) is 18.3. The molecule has 0 aromatic carbocycles. The summed E-state index contributed by atoms with van der Waals surface area (Å²) in [5, 5.41) is 0. The van der Waals surface area contributed by atoms with Crippen LogP contribution in [0.15, 0.2) is 0 Å². The van der Waals surface area contributed by atoms with Gasteiger partial charge in [0.1, 0.15) is 5.78 Å². The molecule has 0 spiro atoms. The van der Waals surface area contributed by atoms with Crippen LogP contribution < -0.4 is 0 Å². The second-order valence-electron chi connectivity index (χ2n) is 5.01. The van der Waals surface area contributed by atoms with Crippen LogP contribution in [0.3, 0.4) is 0 Å². The Morgan fingerprint density at radius 3 is 2.00 bits per heavy atom. The highest BCUT2D eigenvalue weighted by Crippen LogP contribution is 2.21. The predicted molar refractivity (Wildman–Crippen MR) is 68.7 cm³/mol. The zero-order valence-electron chi connectivity index (χ0n) is 11.0. The lowest BCUT2D eigenvalue weighted by Gasteiger charge is -2.34. The van der Waals surface area contributed by atoms with E-state index >= 15 is 0 Å². The monoisotopic (exact) mass is 225 g/mol. The van der Waals surface area contributed by atoms with Gasteiger partial charge in [-0.2, -0.15) is 0 Å². The van der Waals surface area contributed by atoms with Crippen molar-refractivity contribution < 1.29 is 4.79 Å². The summed E-state index contributed by atoms with van der Waals surface area (Å²) in [6, 6.07) is 0.691. The largest absolute Gasteiger partial charge is 0.300 e. The number of nitrogens with zero attached hydrogens (tertiary/aromatic N) is 1. The molecule has 1 fully saturated rings. The predicted octanol–water partition coefficient (Wildman–Crippen LogP) is 3.40. The molecule has 1 saturated carbocycles. The van der Waals surface area contributed by atoms with Crippen LogP contribution in [0.25, 0.3) is 0 Å². The van der Waals surface area contributed by atoms with Crippen molar-refractivity contribution in [2.75, 3.05) is 13.1 Å². The second kappa shape index (κ2) is 7.83. The van der Waals surface area contributed by atoms with Crippen LogP contribution in [-0.4, -0.2) is 29.8 Å². The molecule has 0 N–H and O–H groups in total. The molecule has 2 nitrogen and oxygen atoms in total. The maximum atomic E-state index is 11.2. The van der Waals surface area contributed by atoms with Crippen molar-refractivity contribution >= 4 is 5.78 Å². The second-order valence-corrected chi connectivity index (χ2v) is 5.01. The van der Waals surface area contributed by atoms with E-state index < -0.39 is 0 Å². The molecule has 1 aliphatic rings. The number of ketones is 1. The van der Waals surface area contributed by atoms with Gasteiger partial charge in [-0.15, -0.1) is 0 Å². The molecular formula is C14H27NO. The fourth-order valence-corrected chi connectivity index (χ4v) is 2.49. The quantitative estimate of drug-likeness (QED) is 0.662. The zero-order chi connectivity index (χ0) is 11.8. The lowest BCUT2D eigenvalue weighted by molar-refractivity contribution is -0.121. The third-order valence-electron chi connectivity index (χ3n) is 3.63. The molecule has 94 valence electrons. The van der Waals surface area contributed by atoms with Crippen molar-refractivity contribution in [1.29, 1.82) is 0 Å². The van der Waals surface area contributed by atoms with Crippen LogP contribution in [0.5, 0.6) is 0 Å². The van der Waals surface area contributed by atoms with Crippen LogP contribution in [0.4, 0.5) is 0 Å². The number of rotatable bonds is 7. The molecule has 16 heavy (non-hydrogen) atoms. The molecule has 0 amide bonds. The van der Waals surface area contributed by atoms with E-state index in [1.54, 1.807) is 0 Å². The average Bonchev–Trinajstić information content (AvgIpc) is 2.31. The number of hydrogen-bond donors (Lipinski definition) is 0. The van der Waals surface area contributed by atoms with Crippen LogP contribution in [0, 0.1) is 0 Å². The Balaban J connectivity index is 2.37. The molecule has 0 aliphatic heterocycles. The minimum absolute atomic E-state index is 0.474. The van der Waals surface area contributed by atoms with Gasteiger partial charge in [0.15, 0.2) is 0 Å². The summed E-state index contributed by atoms with van der Waals surface area (Å²) >= 11 is 0. The van der Waals surface area contributed by atoms with Crippen LogP contribution in [0.2, 0.25) is 0 Å². The summed E-state index contributed by atoms with van der Waals surface area (Å²) in [6.07, 6.45) is 8.99. The van der Waals surface area contributed by atoms with Crippen molar-refractivity contribution in [3.8, 4) is 0 Å². The maximum absolute atomic E-state index is 11.2. The first kappa shape index (κ1) is 13.7.